The summed E-state index contributed by atoms with van der Waals surface area (Å²) >= 11 is 4.61. The van der Waals surface area contributed by atoms with Crippen molar-refractivity contribution in [2.45, 2.75) is 24.2 Å². The number of halogens is 1. The molecule has 2 heterocycles. The lowest BCUT2D eigenvalue weighted by Crippen LogP contribution is -2.07. The van der Waals surface area contributed by atoms with E-state index in [1.54, 1.807) is 41.3 Å². The van der Waals surface area contributed by atoms with Crippen LogP contribution in [0.15, 0.2) is 64.2 Å². The van der Waals surface area contributed by atoms with Gasteiger partial charge in [0.05, 0.1) is 22.0 Å². The molecule has 0 aliphatic heterocycles. The minimum atomic E-state index is -0.385. The molecule has 0 saturated carbocycles. The number of thiazole rings is 2. The first-order chi connectivity index (χ1) is 14.6. The zero-order chi connectivity index (χ0) is 20.9. The standard InChI is InChI=1S/C22H17FN2O2S3/c1-14-24-18(12-28-14)13-29-20-5-3-2-4-19(20)22(26)27-10-17-11-30-21(25-17)15-6-8-16(23)9-7-15/h2-9,11-12H,10,13H2,1H3. The monoisotopic (exact) mass is 456 g/mol. The highest BCUT2D eigenvalue weighted by molar-refractivity contribution is 7.98. The Bertz CT molecular complexity index is 1160. The molecule has 0 saturated heterocycles. The van der Waals surface area contributed by atoms with Crippen molar-refractivity contribution in [2.24, 2.45) is 0 Å². The van der Waals surface area contributed by atoms with Crippen molar-refractivity contribution >= 4 is 40.4 Å². The fourth-order valence-electron chi connectivity index (χ4n) is 2.70. The van der Waals surface area contributed by atoms with Gasteiger partial charge in [-0.2, -0.15) is 0 Å². The third-order valence-corrected chi connectivity index (χ3v) is 7.01. The van der Waals surface area contributed by atoms with E-state index >= 15 is 0 Å². The van der Waals surface area contributed by atoms with Crippen LogP contribution in [0.3, 0.4) is 0 Å². The van der Waals surface area contributed by atoms with Gasteiger partial charge in [-0.3, -0.25) is 0 Å². The molecule has 4 aromatic rings. The smallest absolute Gasteiger partial charge is 0.339 e. The number of benzene rings is 2. The fraction of sp³-hybridized carbons (Fsp3) is 0.136. The first-order valence-corrected chi connectivity index (χ1v) is 11.8. The molecule has 152 valence electrons. The minimum absolute atomic E-state index is 0.0841. The zero-order valence-corrected chi connectivity index (χ0v) is 18.5. The van der Waals surface area contributed by atoms with Crippen LogP contribution >= 0.6 is 34.4 Å². The largest absolute Gasteiger partial charge is 0.456 e. The number of ether oxygens (including phenoxy) is 1. The molecule has 2 aromatic heterocycles. The molecular formula is C22H17FN2O2S3. The normalized spacial score (nSPS) is 10.9. The maximum atomic E-state index is 13.1. The molecule has 8 heteroatoms. The number of nitrogens with zero attached hydrogens (tertiary/aromatic N) is 2. The number of hydrogen-bond acceptors (Lipinski definition) is 7. The number of aryl methyl sites for hydroxylation is 1. The summed E-state index contributed by atoms with van der Waals surface area (Å²) in [6.07, 6.45) is 0. The molecule has 0 spiro atoms. The van der Waals surface area contributed by atoms with Gasteiger partial charge in [0.15, 0.2) is 0 Å². The number of aromatic nitrogens is 2. The van der Waals surface area contributed by atoms with E-state index in [9.17, 15) is 9.18 Å². The van der Waals surface area contributed by atoms with Crippen molar-refractivity contribution < 1.29 is 13.9 Å². The summed E-state index contributed by atoms with van der Waals surface area (Å²) in [7, 11) is 0. The number of thioether (sulfide) groups is 1. The molecule has 2 aromatic carbocycles. The second kappa shape index (κ2) is 9.51. The van der Waals surface area contributed by atoms with Crippen LogP contribution < -0.4 is 0 Å². The van der Waals surface area contributed by atoms with Crippen molar-refractivity contribution in [1.82, 2.24) is 9.97 Å². The lowest BCUT2D eigenvalue weighted by atomic mass is 10.2. The maximum absolute atomic E-state index is 13.1. The minimum Gasteiger partial charge on any atom is -0.456 e. The van der Waals surface area contributed by atoms with E-state index in [1.165, 1.54) is 23.5 Å². The Hall–Kier alpha value is -2.55. The summed E-state index contributed by atoms with van der Waals surface area (Å²) in [6, 6.07) is 13.6. The summed E-state index contributed by atoms with van der Waals surface area (Å²) in [5.74, 6) is 0.0247. The van der Waals surface area contributed by atoms with Gasteiger partial charge < -0.3 is 4.74 Å². The molecule has 0 radical (unpaired) electrons. The van der Waals surface area contributed by atoms with Gasteiger partial charge in [-0.25, -0.2) is 19.2 Å². The number of hydrogen-bond donors (Lipinski definition) is 0. The highest BCUT2D eigenvalue weighted by Gasteiger charge is 2.15. The van der Waals surface area contributed by atoms with Crippen LogP contribution in [0, 0.1) is 12.7 Å². The first kappa shape index (κ1) is 20.7. The number of carbonyl (C=O) groups is 1. The molecule has 0 atom stereocenters. The zero-order valence-electron chi connectivity index (χ0n) is 16.0. The average molecular weight is 457 g/mol. The van der Waals surface area contributed by atoms with Crippen LogP contribution in [0.2, 0.25) is 0 Å². The first-order valence-electron chi connectivity index (χ1n) is 9.09. The number of rotatable bonds is 7. The molecule has 0 fully saturated rings. The topological polar surface area (TPSA) is 52.1 Å². The summed E-state index contributed by atoms with van der Waals surface area (Å²) < 4.78 is 18.6. The number of carbonyl (C=O) groups excluding carboxylic acids is 1. The molecule has 4 nitrogen and oxygen atoms in total. The lowest BCUT2D eigenvalue weighted by molar-refractivity contribution is 0.0464. The van der Waals surface area contributed by atoms with Crippen molar-refractivity contribution in [1.29, 1.82) is 0 Å². The lowest BCUT2D eigenvalue weighted by Gasteiger charge is -2.08. The van der Waals surface area contributed by atoms with Gasteiger partial charge >= 0.3 is 5.97 Å². The average Bonchev–Trinajstić information content (AvgIpc) is 3.40. The third-order valence-electron chi connectivity index (χ3n) is 4.14. The van der Waals surface area contributed by atoms with Crippen molar-refractivity contribution in [3.8, 4) is 10.6 Å². The van der Waals surface area contributed by atoms with E-state index in [2.05, 4.69) is 9.97 Å². The van der Waals surface area contributed by atoms with E-state index in [4.69, 9.17) is 4.74 Å². The Kier molecular flexibility index (Phi) is 6.56. The van der Waals surface area contributed by atoms with Crippen molar-refractivity contribution in [3.05, 3.63) is 87.1 Å². The highest BCUT2D eigenvalue weighted by Crippen LogP contribution is 2.28. The molecule has 30 heavy (non-hydrogen) atoms. The third kappa shape index (κ3) is 5.13. The van der Waals surface area contributed by atoms with Gasteiger partial charge in [0.1, 0.15) is 17.4 Å². The summed E-state index contributed by atoms with van der Waals surface area (Å²) in [5, 5.41) is 5.67. The summed E-state index contributed by atoms with van der Waals surface area (Å²) in [6.45, 7) is 2.06. The number of esters is 1. The van der Waals surface area contributed by atoms with Crippen LogP contribution in [0.25, 0.3) is 10.6 Å². The van der Waals surface area contributed by atoms with Crippen LogP contribution in [-0.2, 0) is 17.1 Å². The van der Waals surface area contributed by atoms with Crippen LogP contribution in [0.5, 0.6) is 0 Å². The Balaban J connectivity index is 1.39. The van der Waals surface area contributed by atoms with Crippen LogP contribution in [0.1, 0.15) is 26.8 Å². The molecule has 0 bridgehead atoms. The summed E-state index contributed by atoms with van der Waals surface area (Å²) in [4.78, 5) is 22.5. The van der Waals surface area contributed by atoms with Gasteiger partial charge in [-0.15, -0.1) is 34.4 Å². The fourth-order valence-corrected chi connectivity index (χ4v) is 5.16. The molecular weight excluding hydrogens is 439 g/mol. The molecule has 0 aliphatic carbocycles. The quantitative estimate of drug-likeness (QED) is 0.239. The van der Waals surface area contributed by atoms with Crippen LogP contribution in [-0.4, -0.2) is 15.9 Å². The molecule has 4 rings (SSSR count). The predicted molar refractivity (Wildman–Crippen MR) is 119 cm³/mol. The maximum Gasteiger partial charge on any atom is 0.339 e. The van der Waals surface area contributed by atoms with Gasteiger partial charge in [0.25, 0.3) is 0 Å². The van der Waals surface area contributed by atoms with E-state index in [0.717, 1.165) is 26.2 Å². The Labute approximate surface area is 185 Å². The van der Waals surface area contributed by atoms with E-state index in [-0.39, 0.29) is 18.4 Å². The molecule has 0 unspecified atom stereocenters. The van der Waals surface area contributed by atoms with Crippen molar-refractivity contribution in [2.75, 3.05) is 0 Å². The Morgan fingerprint density at radius 1 is 1.03 bits per heavy atom. The van der Waals surface area contributed by atoms with E-state index in [1.807, 2.05) is 35.9 Å². The second-order valence-electron chi connectivity index (χ2n) is 6.37. The van der Waals surface area contributed by atoms with E-state index in [0.29, 0.717) is 17.0 Å². The van der Waals surface area contributed by atoms with Crippen molar-refractivity contribution in [3.63, 3.8) is 0 Å². The van der Waals surface area contributed by atoms with Gasteiger partial charge in [0.2, 0.25) is 0 Å². The summed E-state index contributed by atoms with van der Waals surface area (Å²) in [5.41, 5.74) is 3.03. The predicted octanol–water partition coefficient (Wildman–Crippen LogP) is 6.36. The van der Waals surface area contributed by atoms with Gasteiger partial charge in [-0.1, -0.05) is 12.1 Å². The molecule has 0 amide bonds. The Morgan fingerprint density at radius 2 is 1.80 bits per heavy atom. The van der Waals surface area contributed by atoms with E-state index < -0.39 is 0 Å². The highest BCUT2D eigenvalue weighted by atomic mass is 32.2. The molecule has 0 N–H and O–H groups in total. The van der Waals surface area contributed by atoms with Gasteiger partial charge in [-0.05, 0) is 43.3 Å². The SMILES string of the molecule is Cc1nc(CSc2ccccc2C(=O)OCc2csc(-c3ccc(F)cc3)n2)cs1. The Morgan fingerprint density at radius 3 is 2.57 bits per heavy atom. The molecule has 0 aliphatic rings. The van der Waals surface area contributed by atoms with Gasteiger partial charge in [0, 0.05) is 27.0 Å². The van der Waals surface area contributed by atoms with Crippen LogP contribution in [0.4, 0.5) is 4.39 Å². The second-order valence-corrected chi connectivity index (χ2v) is 9.31.